The number of fused-ring (bicyclic) bond motifs is 1. The van der Waals surface area contributed by atoms with E-state index in [1.165, 1.54) is 28.9 Å². The monoisotopic (exact) mass is 545 g/mol. The second kappa shape index (κ2) is 11.7. The van der Waals surface area contributed by atoms with Crippen molar-refractivity contribution in [3.8, 4) is 0 Å². The van der Waals surface area contributed by atoms with Gasteiger partial charge in [0.05, 0.1) is 17.1 Å². The van der Waals surface area contributed by atoms with Crippen molar-refractivity contribution in [3.05, 3.63) is 95.1 Å². The van der Waals surface area contributed by atoms with Gasteiger partial charge in [0, 0.05) is 5.56 Å². The molecule has 1 aromatic heterocycles. The fourth-order valence-corrected chi connectivity index (χ4v) is 4.10. The Labute approximate surface area is 249 Å². The normalized spacial score (nSPS) is 13.1. The van der Waals surface area contributed by atoms with Crippen LogP contribution in [0.2, 0.25) is 0 Å². The van der Waals surface area contributed by atoms with Crippen molar-refractivity contribution in [2.45, 2.75) is 24.3 Å². The molecule has 0 spiro atoms. The van der Waals surface area contributed by atoms with Crippen molar-refractivity contribution in [2.75, 3.05) is 0 Å². The molecule has 2 N–H and O–H groups in total. The number of hydrogen-bond donors (Lipinski definition) is 2. The summed E-state index contributed by atoms with van der Waals surface area (Å²) in [5.74, 6) is 0. The van der Waals surface area contributed by atoms with E-state index in [0.717, 1.165) is 24.3 Å². The van der Waals surface area contributed by atoms with Gasteiger partial charge in [0.2, 0.25) is 0 Å². The van der Waals surface area contributed by atoms with Crippen LogP contribution in [0, 0.1) is 0 Å². The minimum absolute atomic E-state index is 0. The number of alkyl halides is 5. The van der Waals surface area contributed by atoms with Gasteiger partial charge in [-0.2, -0.15) is 22.0 Å². The van der Waals surface area contributed by atoms with Crippen LogP contribution >= 0.6 is 7.60 Å². The van der Waals surface area contributed by atoms with Gasteiger partial charge in [-0.25, -0.2) is 4.68 Å². The van der Waals surface area contributed by atoms with E-state index < -0.39 is 36.6 Å². The predicted molar refractivity (Wildman–Crippen MR) is 115 cm³/mol. The second-order valence-electron chi connectivity index (χ2n) is 7.65. The Kier molecular flexibility index (Phi) is 10.1. The number of nitrogens with zero attached hydrogens (tertiary/aromatic N) is 3. The first-order chi connectivity index (χ1) is 15.9. The molecular formula is C22H19F5N3Na2O3P. The fraction of sp³-hybridized carbons (Fsp3) is 0.182. The molecule has 1 atom stereocenters. The molecular weight excluding hydrogens is 526 g/mol. The van der Waals surface area contributed by atoms with E-state index in [2.05, 4.69) is 10.3 Å². The summed E-state index contributed by atoms with van der Waals surface area (Å²) in [4.78, 5) is 17.9. The number of halogens is 5. The molecule has 3 aromatic carbocycles. The molecule has 36 heavy (non-hydrogen) atoms. The molecule has 6 nitrogen and oxygen atoms in total. The molecule has 0 amide bonds. The van der Waals surface area contributed by atoms with E-state index in [4.69, 9.17) is 9.79 Å². The van der Waals surface area contributed by atoms with E-state index in [-0.39, 0.29) is 74.0 Å². The van der Waals surface area contributed by atoms with Gasteiger partial charge >= 0.3 is 78.6 Å². The first kappa shape index (κ1) is 31.1. The van der Waals surface area contributed by atoms with Crippen molar-refractivity contribution in [1.82, 2.24) is 15.0 Å². The fourth-order valence-electron chi connectivity index (χ4n) is 3.62. The van der Waals surface area contributed by atoms with Crippen LogP contribution in [0.3, 0.4) is 0 Å². The van der Waals surface area contributed by atoms with Crippen LogP contribution in [-0.4, -0.2) is 24.8 Å². The second-order valence-corrected chi connectivity index (χ2v) is 9.30. The molecule has 14 heteroatoms. The van der Waals surface area contributed by atoms with Crippen LogP contribution in [0.5, 0.6) is 0 Å². The summed E-state index contributed by atoms with van der Waals surface area (Å²) in [6.07, 6.45) is -4.52. The molecule has 4 aromatic rings. The summed E-state index contributed by atoms with van der Waals surface area (Å²) >= 11 is 0. The molecule has 0 aliphatic rings. The van der Waals surface area contributed by atoms with E-state index in [1.807, 2.05) is 0 Å². The third-order valence-corrected chi connectivity index (χ3v) is 6.36. The molecule has 0 saturated carbocycles. The molecule has 4 rings (SSSR count). The van der Waals surface area contributed by atoms with Gasteiger partial charge in [-0.1, -0.05) is 53.7 Å². The summed E-state index contributed by atoms with van der Waals surface area (Å²) in [5.41, 5.74) is -4.29. The van der Waals surface area contributed by atoms with E-state index in [1.54, 1.807) is 24.3 Å². The molecule has 1 heterocycles. The first-order valence-electron chi connectivity index (χ1n) is 9.88. The van der Waals surface area contributed by atoms with Gasteiger partial charge in [0.25, 0.3) is 0 Å². The number of aromatic nitrogens is 3. The van der Waals surface area contributed by atoms with Crippen molar-refractivity contribution < 1.29 is 98.3 Å². The molecule has 0 radical (unpaired) electrons. The number of rotatable bonds is 6. The van der Waals surface area contributed by atoms with Gasteiger partial charge in [-0.05, 0) is 41.8 Å². The largest absolute Gasteiger partial charge is 1.00 e. The average molecular weight is 545 g/mol. The predicted octanol–water partition coefficient (Wildman–Crippen LogP) is -0.258. The Morgan fingerprint density at radius 1 is 0.889 bits per heavy atom. The molecule has 0 aliphatic carbocycles. The number of benzene rings is 3. The maximum absolute atomic E-state index is 14.0. The minimum Gasteiger partial charge on any atom is -1.00 e. The maximum atomic E-state index is 14.0. The summed E-state index contributed by atoms with van der Waals surface area (Å²) in [5, 5.41) is 8.17. The van der Waals surface area contributed by atoms with Crippen LogP contribution in [-0.2, 0) is 22.8 Å². The molecule has 0 saturated heterocycles. The van der Waals surface area contributed by atoms with Gasteiger partial charge in [0.1, 0.15) is 5.52 Å². The van der Waals surface area contributed by atoms with Crippen LogP contribution in [0.1, 0.15) is 31.1 Å². The van der Waals surface area contributed by atoms with Crippen molar-refractivity contribution in [3.63, 3.8) is 0 Å². The SMILES string of the molecule is O=P(O)(O)C(F)(F)c1ccc(CC(c2cccc(C(F)(F)F)c2)n2nnc3ccccc32)cc1.[H-].[H-].[Na+].[Na+]. The summed E-state index contributed by atoms with van der Waals surface area (Å²) in [6.45, 7) is 0. The molecule has 0 fully saturated rings. The van der Waals surface area contributed by atoms with Crippen molar-refractivity contribution >= 4 is 18.6 Å². The van der Waals surface area contributed by atoms with Crippen LogP contribution < -0.4 is 59.1 Å². The van der Waals surface area contributed by atoms with Crippen molar-refractivity contribution in [1.29, 1.82) is 0 Å². The quantitative estimate of drug-likeness (QED) is 0.198. The van der Waals surface area contributed by atoms with Crippen LogP contribution in [0.25, 0.3) is 11.0 Å². The van der Waals surface area contributed by atoms with Gasteiger partial charge < -0.3 is 12.6 Å². The van der Waals surface area contributed by atoms with E-state index in [0.29, 0.717) is 16.6 Å². The number of para-hydroxylation sites is 1. The standard InChI is InChI=1S/C22H17F5N3O3P.2Na.2H/c23-21(24,25)17-5-3-4-15(13-17)20(30-19-7-2-1-6-18(19)28-29-30)12-14-8-10-16(11-9-14)22(26,27)34(31,32)33;;;;/h1-11,13,20H,12H2,(H2,31,32,33);;;;/q;2*+1;2*-1. The van der Waals surface area contributed by atoms with Crippen molar-refractivity contribution in [2.24, 2.45) is 0 Å². The van der Waals surface area contributed by atoms with Crippen LogP contribution in [0.15, 0.2) is 72.8 Å². The van der Waals surface area contributed by atoms with Gasteiger partial charge in [-0.15, -0.1) is 5.10 Å². The number of hydrogen-bond acceptors (Lipinski definition) is 3. The summed E-state index contributed by atoms with van der Waals surface area (Å²) in [6, 6.07) is 15.1. The average Bonchev–Trinajstić information content (AvgIpc) is 3.20. The van der Waals surface area contributed by atoms with Gasteiger partial charge in [-0.3, -0.25) is 4.57 Å². The minimum atomic E-state index is -5.73. The zero-order chi connectivity index (χ0) is 24.7. The first-order valence-corrected chi connectivity index (χ1v) is 11.5. The third-order valence-electron chi connectivity index (χ3n) is 5.37. The Balaban J connectivity index is 0.00000342. The van der Waals surface area contributed by atoms with Crippen LogP contribution in [0.4, 0.5) is 22.0 Å². The van der Waals surface area contributed by atoms with E-state index >= 15 is 0 Å². The topological polar surface area (TPSA) is 88.2 Å². The molecule has 182 valence electrons. The zero-order valence-electron chi connectivity index (χ0n) is 21.2. The molecule has 0 bridgehead atoms. The third kappa shape index (κ3) is 6.46. The summed E-state index contributed by atoms with van der Waals surface area (Å²) < 4.78 is 80.6. The Morgan fingerprint density at radius 3 is 2.14 bits per heavy atom. The Morgan fingerprint density at radius 2 is 1.53 bits per heavy atom. The Hall–Kier alpha value is -1.14. The van der Waals surface area contributed by atoms with E-state index in [9.17, 15) is 26.5 Å². The Bertz CT molecular complexity index is 1390. The smallest absolute Gasteiger partial charge is 1.00 e. The zero-order valence-corrected chi connectivity index (χ0v) is 24.1. The van der Waals surface area contributed by atoms with Gasteiger partial charge in [0.15, 0.2) is 0 Å². The molecule has 0 aliphatic heterocycles. The summed E-state index contributed by atoms with van der Waals surface area (Å²) in [7, 11) is -5.73. The maximum Gasteiger partial charge on any atom is 1.00 e. The molecule has 1 unspecified atom stereocenters.